The van der Waals surface area contributed by atoms with Gasteiger partial charge in [-0.15, -0.1) is 0 Å². The second kappa shape index (κ2) is 12.1. The van der Waals surface area contributed by atoms with E-state index in [1.165, 1.54) is 126 Å². The van der Waals surface area contributed by atoms with E-state index in [4.69, 9.17) is 4.98 Å². The summed E-state index contributed by atoms with van der Waals surface area (Å²) in [5.41, 5.74) is 20.7. The lowest BCUT2D eigenvalue weighted by atomic mass is 9.91. The molecular weight excluding hydrogens is 755 g/mol. The Morgan fingerprint density at radius 1 is 0.468 bits per heavy atom. The van der Waals surface area contributed by atoms with Gasteiger partial charge in [-0.1, -0.05) is 99.6 Å². The minimum Gasteiger partial charge on any atom is -0.303 e. The molecule has 0 aliphatic carbocycles. The highest BCUT2D eigenvalue weighted by atomic mass is 15.0. The van der Waals surface area contributed by atoms with Gasteiger partial charge >= 0.3 is 0 Å². The van der Waals surface area contributed by atoms with Gasteiger partial charge in [0.1, 0.15) is 30.8 Å². The predicted octanol–water partition coefficient (Wildman–Crippen LogP) is 13.1. The van der Waals surface area contributed by atoms with Crippen LogP contribution in [0, 0.1) is 13.8 Å². The molecule has 13 aromatic rings. The van der Waals surface area contributed by atoms with Crippen LogP contribution in [0.15, 0.2) is 146 Å². The highest BCUT2D eigenvalue weighted by Crippen LogP contribution is 2.43. The molecule has 0 atom stereocenters. The zero-order valence-corrected chi connectivity index (χ0v) is 36.1. The molecule has 0 aliphatic rings. The summed E-state index contributed by atoms with van der Waals surface area (Å²) >= 11 is 0. The van der Waals surface area contributed by atoms with Crippen LogP contribution in [-0.2, 0) is 19.5 Å². The van der Waals surface area contributed by atoms with Gasteiger partial charge in [-0.05, 0) is 101 Å². The smallest absolute Gasteiger partial charge is 0.239 e. The fourth-order valence-electron chi connectivity index (χ4n) is 11.1. The number of fused-ring (bicyclic) bond motifs is 13. The van der Waals surface area contributed by atoms with Crippen LogP contribution >= 0.6 is 0 Å². The average molecular weight is 800 g/mol. The molecule has 0 aliphatic heterocycles. The van der Waals surface area contributed by atoms with Crippen LogP contribution in [0.2, 0.25) is 0 Å². The Hall–Kier alpha value is -7.37. The molecule has 62 heavy (non-hydrogen) atoms. The summed E-state index contributed by atoms with van der Waals surface area (Å²) in [6.45, 7) is 11.3. The van der Waals surface area contributed by atoms with Gasteiger partial charge in [0.05, 0.1) is 27.3 Å². The lowest BCUT2D eigenvalue weighted by molar-refractivity contribution is -0.632. The van der Waals surface area contributed by atoms with Gasteiger partial charge in [-0.2, -0.15) is 9.13 Å². The second-order valence-corrected chi connectivity index (χ2v) is 18.6. The van der Waals surface area contributed by atoms with Crippen LogP contribution in [0.3, 0.4) is 0 Å². The number of pyridine rings is 3. The fourth-order valence-corrected chi connectivity index (χ4v) is 11.1. The van der Waals surface area contributed by atoms with Crippen molar-refractivity contribution in [1.82, 2.24) is 13.8 Å². The van der Waals surface area contributed by atoms with Crippen molar-refractivity contribution in [1.29, 1.82) is 0 Å². The van der Waals surface area contributed by atoms with Crippen molar-refractivity contribution in [3.8, 4) is 33.6 Å². The van der Waals surface area contributed by atoms with E-state index < -0.39 is 0 Å². The number of nitrogens with zero attached hydrogens (tertiary/aromatic N) is 5. The van der Waals surface area contributed by atoms with E-state index in [2.05, 4.69) is 212 Å². The Balaban J connectivity index is 0.993. The molecule has 0 N–H and O–H groups in total. The summed E-state index contributed by atoms with van der Waals surface area (Å²) in [7, 11) is 4.46. The minimum atomic E-state index is -0.0510. The van der Waals surface area contributed by atoms with Gasteiger partial charge in [0.2, 0.25) is 22.4 Å². The summed E-state index contributed by atoms with van der Waals surface area (Å²) in [4.78, 5) is 5.33. The van der Waals surface area contributed by atoms with Gasteiger partial charge in [0, 0.05) is 55.9 Å². The molecule has 6 aromatic carbocycles. The van der Waals surface area contributed by atoms with Gasteiger partial charge < -0.3 is 4.40 Å². The molecule has 5 heteroatoms. The Bertz CT molecular complexity index is 4060. The van der Waals surface area contributed by atoms with E-state index in [0.717, 1.165) is 11.3 Å². The quantitative estimate of drug-likeness (QED) is 0.164. The number of aromatic nitrogens is 5. The first kappa shape index (κ1) is 35.4. The van der Waals surface area contributed by atoms with Gasteiger partial charge in [-0.3, -0.25) is 4.40 Å². The molecule has 7 heterocycles. The summed E-state index contributed by atoms with van der Waals surface area (Å²) < 4.78 is 9.72. The number of aryl methyl sites for hydroxylation is 4. The number of hydrogen-bond acceptors (Lipinski definition) is 1. The van der Waals surface area contributed by atoms with Crippen LogP contribution in [0.25, 0.3) is 121 Å². The Morgan fingerprint density at radius 2 is 1.03 bits per heavy atom. The third-order valence-electron chi connectivity index (χ3n) is 14.1. The first-order valence-corrected chi connectivity index (χ1v) is 21.8. The van der Waals surface area contributed by atoms with E-state index >= 15 is 0 Å². The maximum absolute atomic E-state index is 5.33. The summed E-state index contributed by atoms with van der Waals surface area (Å²) in [5.74, 6) is 0. The molecule has 0 bridgehead atoms. The van der Waals surface area contributed by atoms with E-state index in [0.29, 0.717) is 0 Å². The van der Waals surface area contributed by atoms with Crippen LogP contribution in [0.5, 0.6) is 0 Å². The van der Waals surface area contributed by atoms with Crippen LogP contribution in [0.1, 0.15) is 37.6 Å². The minimum absolute atomic E-state index is 0.0510. The molecule has 13 rings (SSSR count). The lowest BCUT2D eigenvalue weighted by Gasteiger charge is -2.17. The van der Waals surface area contributed by atoms with Crippen LogP contribution < -0.4 is 9.13 Å². The zero-order valence-electron chi connectivity index (χ0n) is 36.1. The Morgan fingerprint density at radius 3 is 1.74 bits per heavy atom. The normalized spacial score (nSPS) is 12.8. The zero-order chi connectivity index (χ0) is 41.9. The highest BCUT2D eigenvalue weighted by molar-refractivity contribution is 6.23. The highest BCUT2D eigenvalue weighted by Gasteiger charge is 2.31. The summed E-state index contributed by atoms with van der Waals surface area (Å²) in [5, 5.41) is 10.1. The van der Waals surface area contributed by atoms with Crippen molar-refractivity contribution in [2.24, 2.45) is 14.1 Å². The standard InChI is InChI=1S/C57H45N5/c1-32-28-35(21-23-37(32)48-31-45-41-26-27-51(57(3,4)5)58-56(41)62-47-19-13-11-17-43(47)53(55(45)62)59(48)6)36-22-25-40-44-30-49(39-24-20-34-14-8-9-15-38(34)33(39)2)60(7)52-42-16-10-12-18-46(42)61(54(44)52)50(40)29-36/h8-31H,1-7H3/q+2. The predicted molar refractivity (Wildman–Crippen MR) is 258 cm³/mol. The molecule has 0 amide bonds. The average Bonchev–Trinajstić information content (AvgIpc) is 4.00. The van der Waals surface area contributed by atoms with Crippen molar-refractivity contribution < 1.29 is 9.13 Å². The first-order chi connectivity index (χ1) is 30.1. The maximum atomic E-state index is 5.33. The van der Waals surface area contributed by atoms with Crippen LogP contribution in [-0.4, -0.2) is 13.8 Å². The number of hydrogen-bond donors (Lipinski definition) is 0. The maximum Gasteiger partial charge on any atom is 0.239 e. The van der Waals surface area contributed by atoms with Gasteiger partial charge in [-0.25, -0.2) is 4.98 Å². The molecule has 0 spiro atoms. The van der Waals surface area contributed by atoms with Crippen molar-refractivity contribution in [3.05, 3.63) is 162 Å². The molecule has 7 aromatic heterocycles. The molecule has 0 saturated heterocycles. The molecular formula is C57H45N5+2. The largest absolute Gasteiger partial charge is 0.303 e. The number of rotatable bonds is 3. The fraction of sp³-hybridized carbons (Fsp3) is 0.140. The van der Waals surface area contributed by atoms with E-state index in [1.807, 2.05) is 0 Å². The van der Waals surface area contributed by atoms with Crippen molar-refractivity contribution in [2.75, 3.05) is 0 Å². The molecule has 296 valence electrons. The molecule has 0 fully saturated rings. The SMILES string of the molecule is Cc1cc(-c2ccc3c4cc(-c5ccc6ccccc6c5C)[n+](C)c5c6ccccc6n(c3c2)c45)ccc1-c1cc2c3ccc(C(C)(C)C)nc3n3c4ccccc4c(c23)[n+]1C. The van der Waals surface area contributed by atoms with Gasteiger partial charge in [0.25, 0.3) is 0 Å². The number of para-hydroxylation sites is 2. The molecule has 0 radical (unpaired) electrons. The van der Waals surface area contributed by atoms with Crippen LogP contribution in [0.4, 0.5) is 0 Å². The van der Waals surface area contributed by atoms with Crippen molar-refractivity contribution >= 4 is 87.4 Å². The first-order valence-electron chi connectivity index (χ1n) is 21.8. The lowest BCUT2D eigenvalue weighted by Crippen LogP contribution is -2.32. The molecule has 0 saturated carbocycles. The Labute approximate surface area is 359 Å². The molecule has 0 unspecified atom stereocenters. The van der Waals surface area contributed by atoms with E-state index in [9.17, 15) is 0 Å². The topological polar surface area (TPSA) is 29.5 Å². The van der Waals surface area contributed by atoms with Crippen molar-refractivity contribution in [3.63, 3.8) is 0 Å². The Kier molecular flexibility index (Phi) is 6.93. The third-order valence-corrected chi connectivity index (χ3v) is 14.1. The molecule has 5 nitrogen and oxygen atoms in total. The van der Waals surface area contributed by atoms with E-state index in [-0.39, 0.29) is 5.41 Å². The monoisotopic (exact) mass is 799 g/mol. The second-order valence-electron chi connectivity index (χ2n) is 18.6. The summed E-state index contributed by atoms with van der Waals surface area (Å²) in [6, 6.07) is 54.4. The van der Waals surface area contributed by atoms with Gasteiger partial charge in [0.15, 0.2) is 0 Å². The summed E-state index contributed by atoms with van der Waals surface area (Å²) in [6.07, 6.45) is 0. The van der Waals surface area contributed by atoms with Crippen molar-refractivity contribution in [2.45, 2.75) is 40.0 Å². The third kappa shape index (κ3) is 4.55. The van der Waals surface area contributed by atoms with E-state index in [1.54, 1.807) is 0 Å². The number of benzene rings is 6.